The first-order valence-electron chi connectivity index (χ1n) is 9.97. The second-order valence-corrected chi connectivity index (χ2v) is 9.14. The zero-order valence-corrected chi connectivity index (χ0v) is 19.9. The highest BCUT2D eigenvalue weighted by atomic mass is 35.5. The lowest BCUT2D eigenvalue weighted by Crippen LogP contribution is -1.90. The van der Waals surface area contributed by atoms with Gasteiger partial charge in [0.25, 0.3) is 0 Å². The van der Waals surface area contributed by atoms with Crippen LogP contribution in [0.3, 0.4) is 0 Å². The maximum Gasteiger partial charge on any atom is 0.181 e. The summed E-state index contributed by atoms with van der Waals surface area (Å²) < 4.78 is 0. The van der Waals surface area contributed by atoms with Crippen LogP contribution in [0.4, 0.5) is 0 Å². The van der Waals surface area contributed by atoms with Gasteiger partial charge in [0.15, 0.2) is 5.75 Å². The van der Waals surface area contributed by atoms with Gasteiger partial charge < -0.3 is 0 Å². The first-order chi connectivity index (χ1) is 15.9. The minimum Gasteiger partial charge on any atom is -0.290 e. The second kappa shape index (κ2) is 10.5. The molecule has 4 rings (SSSR count). The predicted octanol–water partition coefficient (Wildman–Crippen LogP) is 7.79. The quantitative estimate of drug-likeness (QED) is 0.272. The topological polar surface area (TPSA) is 32.8 Å². The molecule has 0 fully saturated rings. The van der Waals surface area contributed by atoms with Crippen molar-refractivity contribution < 1.29 is 5.11 Å². The summed E-state index contributed by atoms with van der Waals surface area (Å²) in [4.78, 5) is 6.51. The third kappa shape index (κ3) is 6.58. The average molecular weight is 485 g/mol. The fraction of sp³-hybridized carbons (Fsp3) is 0.0357. The summed E-state index contributed by atoms with van der Waals surface area (Å²) in [6, 6.07) is 23.8. The van der Waals surface area contributed by atoms with Crippen LogP contribution in [0.15, 0.2) is 88.7 Å². The maximum absolute atomic E-state index is 11.7. The standard InChI is InChI=1S/C28H16Cl2NOS/c1-19-16-26(14-15-28(19)32)33-27-17-24(12-6-20-2-8-22(29)9-3-20)31-25(18-27)13-7-21-4-10-23(30)11-5-21/h2-5,8-11,14-18H,1H3. The van der Waals surface area contributed by atoms with Gasteiger partial charge in [0.1, 0.15) is 11.4 Å². The van der Waals surface area contributed by atoms with Crippen molar-refractivity contribution in [2.75, 3.05) is 0 Å². The molecule has 1 aromatic heterocycles. The van der Waals surface area contributed by atoms with Crippen molar-refractivity contribution in [1.82, 2.24) is 4.98 Å². The lowest BCUT2D eigenvalue weighted by molar-refractivity contribution is 0.351. The van der Waals surface area contributed by atoms with E-state index in [1.165, 1.54) is 11.8 Å². The minimum absolute atomic E-state index is 0.0260. The van der Waals surface area contributed by atoms with E-state index in [-0.39, 0.29) is 5.75 Å². The summed E-state index contributed by atoms with van der Waals surface area (Å²) >= 11 is 13.5. The van der Waals surface area contributed by atoms with Gasteiger partial charge in [-0.25, -0.2) is 4.98 Å². The van der Waals surface area contributed by atoms with E-state index in [0.717, 1.165) is 20.9 Å². The Balaban J connectivity index is 1.69. The molecule has 0 bridgehead atoms. The fourth-order valence-corrected chi connectivity index (χ4v) is 4.09. The van der Waals surface area contributed by atoms with E-state index in [2.05, 4.69) is 28.7 Å². The molecule has 1 heterocycles. The minimum atomic E-state index is 0.0260. The van der Waals surface area contributed by atoms with Crippen LogP contribution in [0.25, 0.3) is 0 Å². The van der Waals surface area contributed by atoms with Crippen LogP contribution in [-0.4, -0.2) is 4.98 Å². The molecule has 3 aromatic carbocycles. The van der Waals surface area contributed by atoms with E-state index in [1.54, 1.807) is 30.3 Å². The highest BCUT2D eigenvalue weighted by molar-refractivity contribution is 7.99. The molecule has 0 amide bonds. The number of halogens is 2. The molecule has 0 aliphatic heterocycles. The first kappa shape index (κ1) is 22.8. The molecule has 0 N–H and O–H groups in total. The predicted molar refractivity (Wildman–Crippen MR) is 135 cm³/mol. The SMILES string of the molecule is Cc1cc(Sc2cc(C#Cc3ccc(Cl)cc3)nc(C#Cc3ccc(Cl)cc3)c2)ccc1[O]. The van der Waals surface area contributed by atoms with Crippen LogP contribution >= 0.6 is 35.0 Å². The Labute approximate surface area is 207 Å². The molecule has 33 heavy (non-hydrogen) atoms. The van der Waals surface area contributed by atoms with Crippen LogP contribution in [0.5, 0.6) is 5.75 Å². The molecule has 5 heteroatoms. The second-order valence-electron chi connectivity index (χ2n) is 7.12. The summed E-state index contributed by atoms with van der Waals surface area (Å²) in [6.07, 6.45) is 0. The van der Waals surface area contributed by atoms with Crippen molar-refractivity contribution in [2.24, 2.45) is 0 Å². The molecule has 0 atom stereocenters. The average Bonchev–Trinajstić information content (AvgIpc) is 2.81. The van der Waals surface area contributed by atoms with Gasteiger partial charge in [0.2, 0.25) is 0 Å². The van der Waals surface area contributed by atoms with E-state index in [4.69, 9.17) is 23.2 Å². The smallest absolute Gasteiger partial charge is 0.181 e. The normalized spacial score (nSPS) is 10.0. The van der Waals surface area contributed by atoms with Crippen LogP contribution in [0, 0.1) is 30.6 Å². The molecule has 0 aliphatic rings. The van der Waals surface area contributed by atoms with Crippen molar-refractivity contribution in [3.63, 3.8) is 0 Å². The van der Waals surface area contributed by atoms with Crippen molar-refractivity contribution >= 4 is 35.0 Å². The molecule has 0 spiro atoms. The van der Waals surface area contributed by atoms with Gasteiger partial charge >= 0.3 is 0 Å². The first-order valence-corrected chi connectivity index (χ1v) is 11.5. The van der Waals surface area contributed by atoms with Gasteiger partial charge in [-0.1, -0.05) is 46.8 Å². The monoisotopic (exact) mass is 484 g/mol. The number of rotatable bonds is 2. The van der Waals surface area contributed by atoms with Crippen molar-refractivity contribution in [1.29, 1.82) is 0 Å². The van der Waals surface area contributed by atoms with Crippen molar-refractivity contribution in [2.45, 2.75) is 16.7 Å². The Morgan fingerprint density at radius 1 is 0.667 bits per heavy atom. The van der Waals surface area contributed by atoms with E-state index in [1.807, 2.05) is 55.5 Å². The molecule has 2 nitrogen and oxygen atoms in total. The number of hydrogen-bond donors (Lipinski definition) is 0. The fourth-order valence-electron chi connectivity index (χ4n) is 2.85. The molecule has 4 aromatic rings. The van der Waals surface area contributed by atoms with E-state index >= 15 is 0 Å². The van der Waals surface area contributed by atoms with Gasteiger partial charge in [0, 0.05) is 31.0 Å². The molecular weight excluding hydrogens is 469 g/mol. The van der Waals surface area contributed by atoms with Gasteiger partial charge in [-0.05, 0) is 103 Å². The van der Waals surface area contributed by atoms with Crippen molar-refractivity contribution in [3.8, 4) is 29.4 Å². The molecule has 0 aliphatic carbocycles. The van der Waals surface area contributed by atoms with E-state index in [0.29, 0.717) is 27.0 Å². The van der Waals surface area contributed by atoms with Crippen molar-refractivity contribution in [3.05, 3.63) is 117 Å². The van der Waals surface area contributed by atoms with E-state index in [9.17, 15) is 5.11 Å². The lowest BCUT2D eigenvalue weighted by Gasteiger charge is -2.05. The summed E-state index contributed by atoms with van der Waals surface area (Å²) in [5.74, 6) is 12.5. The Morgan fingerprint density at radius 2 is 1.18 bits per heavy atom. The largest absolute Gasteiger partial charge is 0.290 e. The lowest BCUT2D eigenvalue weighted by atomic mass is 10.2. The molecule has 1 radical (unpaired) electrons. The summed E-state index contributed by atoms with van der Waals surface area (Å²) in [6.45, 7) is 1.81. The highest BCUT2D eigenvalue weighted by Crippen LogP contribution is 2.31. The summed E-state index contributed by atoms with van der Waals surface area (Å²) in [7, 11) is 0. The molecule has 0 saturated carbocycles. The van der Waals surface area contributed by atoms with Crippen LogP contribution in [-0.2, 0) is 5.11 Å². The van der Waals surface area contributed by atoms with E-state index < -0.39 is 0 Å². The Morgan fingerprint density at radius 3 is 1.67 bits per heavy atom. The van der Waals surface area contributed by atoms with Crippen LogP contribution in [0.2, 0.25) is 10.0 Å². The Kier molecular flexibility index (Phi) is 7.28. The van der Waals surface area contributed by atoms with Crippen LogP contribution in [0.1, 0.15) is 28.1 Å². The number of aromatic nitrogens is 1. The zero-order chi connectivity index (χ0) is 23.2. The number of hydrogen-bond acceptors (Lipinski definition) is 2. The number of aryl methyl sites for hydroxylation is 1. The molecular formula is C28H16Cl2NOS. The third-order valence-corrected chi connectivity index (χ3v) is 6.00. The Hall–Kier alpha value is -3.34. The van der Waals surface area contributed by atoms with Gasteiger partial charge in [-0.2, -0.15) is 0 Å². The number of nitrogens with zero attached hydrogens (tertiary/aromatic N) is 1. The van der Waals surface area contributed by atoms with Gasteiger partial charge in [-0.3, -0.25) is 5.11 Å². The van der Waals surface area contributed by atoms with Gasteiger partial charge in [-0.15, -0.1) is 0 Å². The molecule has 0 saturated heterocycles. The van der Waals surface area contributed by atoms with Crippen LogP contribution < -0.4 is 0 Å². The highest BCUT2D eigenvalue weighted by Gasteiger charge is 2.05. The number of pyridine rings is 1. The molecule has 159 valence electrons. The third-order valence-electron chi connectivity index (χ3n) is 4.54. The number of benzene rings is 3. The zero-order valence-electron chi connectivity index (χ0n) is 17.5. The maximum atomic E-state index is 11.7. The Bertz CT molecular complexity index is 1340. The van der Waals surface area contributed by atoms with Gasteiger partial charge in [0.05, 0.1) is 0 Å². The summed E-state index contributed by atoms with van der Waals surface area (Å²) in [5, 5.41) is 13.1. The summed E-state index contributed by atoms with van der Waals surface area (Å²) in [5.41, 5.74) is 3.60. The molecule has 0 unspecified atom stereocenters.